The predicted molar refractivity (Wildman–Crippen MR) is 109 cm³/mol. The van der Waals surface area contributed by atoms with Crippen molar-refractivity contribution in [3.8, 4) is 0 Å². The molecule has 6 nitrogen and oxygen atoms in total. The molecule has 1 fully saturated rings. The summed E-state index contributed by atoms with van der Waals surface area (Å²) < 4.78 is 0. The lowest BCUT2D eigenvalue weighted by molar-refractivity contribution is -0.131. The van der Waals surface area contributed by atoms with Gasteiger partial charge in [0.25, 0.3) is 0 Å². The number of piperazine rings is 1. The molecule has 2 rings (SSSR count). The molecule has 0 atom stereocenters. The number of benzene rings is 1. The lowest BCUT2D eigenvalue weighted by Crippen LogP contribution is -2.49. The summed E-state index contributed by atoms with van der Waals surface area (Å²) in [6.45, 7) is 11.9. The van der Waals surface area contributed by atoms with Gasteiger partial charge in [-0.05, 0) is 25.0 Å². The molecule has 1 heterocycles. The second-order valence-electron chi connectivity index (χ2n) is 6.99. The molecule has 0 spiro atoms. The molecule has 1 aromatic carbocycles. The molecule has 26 heavy (non-hydrogen) atoms. The van der Waals surface area contributed by atoms with E-state index in [0.717, 1.165) is 45.2 Å². The average Bonchev–Trinajstić information content (AvgIpc) is 2.66. The van der Waals surface area contributed by atoms with Gasteiger partial charge in [-0.15, -0.1) is 0 Å². The van der Waals surface area contributed by atoms with Gasteiger partial charge in [0, 0.05) is 57.9 Å². The highest BCUT2D eigenvalue weighted by Crippen LogP contribution is 2.15. The van der Waals surface area contributed by atoms with Gasteiger partial charge < -0.3 is 20.4 Å². The van der Waals surface area contributed by atoms with Crippen LogP contribution in [0.25, 0.3) is 0 Å². The van der Waals surface area contributed by atoms with Gasteiger partial charge in [-0.3, -0.25) is 9.79 Å². The average molecular weight is 360 g/mol. The van der Waals surface area contributed by atoms with Crippen molar-refractivity contribution in [3.63, 3.8) is 0 Å². The Morgan fingerprint density at radius 2 is 1.81 bits per heavy atom. The fourth-order valence-electron chi connectivity index (χ4n) is 2.91. The molecular formula is C20H33N5O. The minimum atomic E-state index is 0.213. The van der Waals surface area contributed by atoms with Crippen LogP contribution in [-0.2, 0) is 4.79 Å². The number of nitrogens with one attached hydrogen (secondary N) is 2. The van der Waals surface area contributed by atoms with Crippen molar-refractivity contribution in [3.05, 3.63) is 30.3 Å². The Balaban J connectivity index is 1.72. The molecule has 2 N–H and O–H groups in total. The summed E-state index contributed by atoms with van der Waals surface area (Å²) >= 11 is 0. The Labute approximate surface area is 157 Å². The number of hydrogen-bond acceptors (Lipinski definition) is 3. The van der Waals surface area contributed by atoms with Gasteiger partial charge >= 0.3 is 0 Å². The van der Waals surface area contributed by atoms with Crippen LogP contribution in [0, 0.1) is 5.92 Å². The topological polar surface area (TPSA) is 60.0 Å². The zero-order chi connectivity index (χ0) is 18.8. The van der Waals surface area contributed by atoms with Gasteiger partial charge in [0.1, 0.15) is 0 Å². The van der Waals surface area contributed by atoms with E-state index in [1.807, 2.05) is 17.9 Å². The summed E-state index contributed by atoms with van der Waals surface area (Å²) in [5.74, 6) is 1.53. The fraction of sp³-hybridized carbons (Fsp3) is 0.600. The molecular weight excluding hydrogens is 326 g/mol. The zero-order valence-corrected chi connectivity index (χ0v) is 16.4. The van der Waals surface area contributed by atoms with Crippen molar-refractivity contribution >= 4 is 17.6 Å². The third-order valence-corrected chi connectivity index (χ3v) is 4.34. The summed E-state index contributed by atoms with van der Waals surface area (Å²) in [6, 6.07) is 10.4. The van der Waals surface area contributed by atoms with Crippen LogP contribution in [0.4, 0.5) is 5.69 Å². The molecule has 0 radical (unpaired) electrons. The van der Waals surface area contributed by atoms with E-state index < -0.39 is 0 Å². The van der Waals surface area contributed by atoms with Crippen molar-refractivity contribution in [2.24, 2.45) is 10.9 Å². The monoisotopic (exact) mass is 359 g/mol. The van der Waals surface area contributed by atoms with Crippen LogP contribution in [0.5, 0.6) is 0 Å². The highest BCUT2D eigenvalue weighted by Gasteiger charge is 2.20. The predicted octanol–water partition coefficient (Wildman–Crippen LogP) is 1.94. The maximum Gasteiger partial charge on any atom is 0.224 e. The Morgan fingerprint density at radius 3 is 2.42 bits per heavy atom. The summed E-state index contributed by atoms with van der Waals surface area (Å²) in [4.78, 5) is 21.3. The van der Waals surface area contributed by atoms with Gasteiger partial charge in [-0.25, -0.2) is 0 Å². The largest absolute Gasteiger partial charge is 0.368 e. The standard InChI is InChI=1S/C20H33N5O/c1-4-21-20(23-16-17(2)3)22-11-10-19(26)25-14-12-24(13-15-25)18-8-6-5-7-9-18/h5-9,17H,4,10-16H2,1-3H3,(H2,21,22,23). The van der Waals surface area contributed by atoms with Gasteiger partial charge in [-0.1, -0.05) is 32.0 Å². The van der Waals surface area contributed by atoms with Crippen molar-refractivity contribution in [2.45, 2.75) is 27.2 Å². The quantitative estimate of drug-likeness (QED) is 0.577. The maximum absolute atomic E-state index is 12.5. The molecule has 1 amide bonds. The third-order valence-electron chi connectivity index (χ3n) is 4.34. The maximum atomic E-state index is 12.5. The van der Waals surface area contributed by atoms with Crippen molar-refractivity contribution in [1.82, 2.24) is 15.5 Å². The number of rotatable bonds is 7. The van der Waals surface area contributed by atoms with Crippen LogP contribution in [0.1, 0.15) is 27.2 Å². The van der Waals surface area contributed by atoms with Crippen LogP contribution in [0.3, 0.4) is 0 Å². The molecule has 6 heteroatoms. The van der Waals surface area contributed by atoms with E-state index in [9.17, 15) is 4.79 Å². The van der Waals surface area contributed by atoms with Gasteiger partial charge in [0.15, 0.2) is 5.96 Å². The molecule has 1 aliphatic heterocycles. The Bertz CT molecular complexity index is 565. The van der Waals surface area contributed by atoms with Crippen LogP contribution < -0.4 is 15.5 Å². The SMILES string of the molecule is CCNC(=NCC(C)C)NCCC(=O)N1CCN(c2ccccc2)CC1. The Morgan fingerprint density at radius 1 is 1.12 bits per heavy atom. The Kier molecular flexibility index (Phi) is 8.25. The number of aliphatic imine (C=N–C) groups is 1. The van der Waals surface area contributed by atoms with Gasteiger partial charge in [-0.2, -0.15) is 0 Å². The van der Waals surface area contributed by atoms with E-state index in [1.165, 1.54) is 5.69 Å². The molecule has 0 aliphatic carbocycles. The van der Waals surface area contributed by atoms with E-state index in [0.29, 0.717) is 18.9 Å². The number of amides is 1. The first kappa shape index (κ1) is 20.1. The second-order valence-corrected chi connectivity index (χ2v) is 6.99. The highest BCUT2D eigenvalue weighted by atomic mass is 16.2. The minimum Gasteiger partial charge on any atom is -0.368 e. The third kappa shape index (κ3) is 6.58. The summed E-state index contributed by atoms with van der Waals surface area (Å²) in [7, 11) is 0. The summed E-state index contributed by atoms with van der Waals surface area (Å²) in [5, 5.41) is 6.48. The van der Waals surface area contributed by atoms with Crippen molar-refractivity contribution in [1.29, 1.82) is 0 Å². The van der Waals surface area contributed by atoms with E-state index in [4.69, 9.17) is 0 Å². The lowest BCUT2D eigenvalue weighted by Gasteiger charge is -2.36. The van der Waals surface area contributed by atoms with Gasteiger partial charge in [0.05, 0.1) is 0 Å². The number of hydrogen-bond donors (Lipinski definition) is 2. The van der Waals surface area contributed by atoms with Crippen molar-refractivity contribution in [2.75, 3.05) is 50.7 Å². The van der Waals surface area contributed by atoms with Crippen LogP contribution in [0.2, 0.25) is 0 Å². The van der Waals surface area contributed by atoms with Crippen LogP contribution in [-0.4, -0.2) is 62.6 Å². The zero-order valence-electron chi connectivity index (χ0n) is 16.4. The number of para-hydroxylation sites is 1. The molecule has 1 saturated heterocycles. The summed E-state index contributed by atoms with van der Waals surface area (Å²) in [5.41, 5.74) is 1.23. The molecule has 0 bridgehead atoms. The highest BCUT2D eigenvalue weighted by molar-refractivity contribution is 5.81. The first-order valence-corrected chi connectivity index (χ1v) is 9.70. The normalized spacial score (nSPS) is 15.3. The molecule has 0 unspecified atom stereocenters. The second kappa shape index (κ2) is 10.7. The number of nitrogens with zero attached hydrogens (tertiary/aromatic N) is 3. The number of guanidine groups is 1. The van der Waals surface area contributed by atoms with Crippen molar-refractivity contribution < 1.29 is 4.79 Å². The lowest BCUT2D eigenvalue weighted by atomic mass is 10.2. The van der Waals surface area contributed by atoms with Crippen LogP contribution in [0.15, 0.2) is 35.3 Å². The first-order valence-electron chi connectivity index (χ1n) is 9.70. The smallest absolute Gasteiger partial charge is 0.224 e. The molecule has 1 aliphatic rings. The van der Waals surface area contributed by atoms with E-state index in [1.54, 1.807) is 0 Å². The minimum absolute atomic E-state index is 0.213. The summed E-state index contributed by atoms with van der Waals surface area (Å²) in [6.07, 6.45) is 0.497. The Hall–Kier alpha value is -2.24. The van der Waals surface area contributed by atoms with E-state index >= 15 is 0 Å². The molecule has 0 saturated carbocycles. The fourth-order valence-corrected chi connectivity index (χ4v) is 2.91. The van der Waals surface area contributed by atoms with Crippen LogP contribution >= 0.6 is 0 Å². The number of anilines is 1. The molecule has 0 aromatic heterocycles. The first-order chi connectivity index (χ1) is 12.6. The molecule has 1 aromatic rings. The number of carbonyl (C=O) groups excluding carboxylic acids is 1. The van der Waals surface area contributed by atoms with E-state index in [2.05, 4.69) is 58.6 Å². The van der Waals surface area contributed by atoms with E-state index in [-0.39, 0.29) is 5.91 Å². The molecule has 144 valence electrons. The number of carbonyl (C=O) groups is 1. The van der Waals surface area contributed by atoms with Gasteiger partial charge in [0.2, 0.25) is 5.91 Å².